The van der Waals surface area contributed by atoms with Crippen LogP contribution in [-0.2, 0) is 16.6 Å². The van der Waals surface area contributed by atoms with Crippen molar-refractivity contribution in [3.05, 3.63) is 30.6 Å². The third-order valence-electron chi connectivity index (χ3n) is 2.15. The van der Waals surface area contributed by atoms with E-state index in [1.54, 1.807) is 19.4 Å². The van der Waals surface area contributed by atoms with Crippen molar-refractivity contribution in [1.29, 1.82) is 0 Å². The van der Waals surface area contributed by atoms with Gasteiger partial charge in [0, 0.05) is 19.4 Å². The Morgan fingerprint density at radius 3 is 2.56 bits per heavy atom. The highest BCUT2D eigenvalue weighted by molar-refractivity contribution is 7.89. The number of imidazole rings is 1. The lowest BCUT2D eigenvalue weighted by atomic mass is 10.6. The molecule has 2 aromatic rings. The molecule has 2 aromatic heterocycles. The number of anilines is 1. The highest BCUT2D eigenvalue weighted by Gasteiger charge is 2.15. The minimum Gasteiger partial charge on any atom is -0.357 e. The minimum absolute atomic E-state index is 0.00746. The monoisotopic (exact) mass is 268 g/mol. The van der Waals surface area contributed by atoms with Crippen molar-refractivity contribution < 1.29 is 8.42 Å². The van der Waals surface area contributed by atoms with Gasteiger partial charge in [0.25, 0.3) is 0 Å². The summed E-state index contributed by atoms with van der Waals surface area (Å²) in [6.07, 6.45) is 5.65. The zero-order chi connectivity index (χ0) is 13.0. The third kappa shape index (κ3) is 2.81. The zero-order valence-corrected chi connectivity index (χ0v) is 10.4. The van der Waals surface area contributed by atoms with Crippen molar-refractivity contribution in [2.45, 2.75) is 11.4 Å². The van der Waals surface area contributed by atoms with Crippen LogP contribution in [0.4, 0.5) is 5.95 Å². The van der Waals surface area contributed by atoms with E-state index in [0.717, 1.165) is 0 Å². The summed E-state index contributed by atoms with van der Waals surface area (Å²) in [4.78, 5) is 14.4. The molecule has 18 heavy (non-hydrogen) atoms. The van der Waals surface area contributed by atoms with E-state index < -0.39 is 10.0 Å². The quantitative estimate of drug-likeness (QED) is 0.687. The smallest absolute Gasteiger partial charge is 0.244 e. The molecule has 2 heterocycles. The first-order valence-corrected chi connectivity index (χ1v) is 6.58. The fourth-order valence-corrected chi connectivity index (χ4v) is 2.10. The molecule has 0 aliphatic heterocycles. The lowest BCUT2D eigenvalue weighted by molar-refractivity contribution is 0.578. The van der Waals surface area contributed by atoms with Crippen LogP contribution in [0.25, 0.3) is 0 Å². The van der Waals surface area contributed by atoms with Crippen LogP contribution in [0.5, 0.6) is 0 Å². The molecule has 0 saturated heterocycles. The second-order valence-corrected chi connectivity index (χ2v) is 5.12. The summed E-state index contributed by atoms with van der Waals surface area (Å²) in [5.74, 6) is 0.895. The van der Waals surface area contributed by atoms with Crippen molar-refractivity contribution in [3.8, 4) is 0 Å². The van der Waals surface area contributed by atoms with Crippen molar-refractivity contribution >= 4 is 16.0 Å². The van der Waals surface area contributed by atoms with Gasteiger partial charge < -0.3 is 10.3 Å². The fraction of sp³-hybridized carbons (Fsp3) is 0.222. The molecule has 96 valence electrons. The number of nitrogens with zero attached hydrogens (tertiary/aromatic N) is 3. The number of nitrogens with one attached hydrogen (secondary N) is 3. The molecule has 3 N–H and O–H groups in total. The SMILES string of the molecule is CNc1ncc(S(=O)(=O)NCc2ncc[nH]2)cn1. The van der Waals surface area contributed by atoms with Gasteiger partial charge in [0.1, 0.15) is 10.7 Å². The van der Waals surface area contributed by atoms with E-state index in [9.17, 15) is 8.42 Å². The van der Waals surface area contributed by atoms with Gasteiger partial charge in [-0.3, -0.25) is 0 Å². The van der Waals surface area contributed by atoms with Gasteiger partial charge in [-0.05, 0) is 0 Å². The maximum atomic E-state index is 11.9. The first-order valence-electron chi connectivity index (χ1n) is 5.09. The molecule has 2 rings (SSSR count). The summed E-state index contributed by atoms with van der Waals surface area (Å²) in [7, 11) is -1.97. The molecule has 9 heteroatoms. The molecular formula is C9H12N6O2S. The van der Waals surface area contributed by atoms with Gasteiger partial charge in [0.2, 0.25) is 16.0 Å². The maximum absolute atomic E-state index is 11.9. The standard InChI is InChI=1S/C9H12N6O2S/c1-10-9-13-4-7(5-14-9)18(16,17)15-6-8-11-2-3-12-8/h2-5,15H,6H2,1H3,(H,11,12)(H,10,13,14). The molecule has 0 bridgehead atoms. The minimum atomic E-state index is -3.62. The van der Waals surface area contributed by atoms with Crippen LogP contribution in [0.2, 0.25) is 0 Å². The Hall–Kier alpha value is -2.00. The molecule has 0 aromatic carbocycles. The van der Waals surface area contributed by atoms with Gasteiger partial charge in [-0.1, -0.05) is 0 Å². The van der Waals surface area contributed by atoms with E-state index >= 15 is 0 Å². The summed E-state index contributed by atoms with van der Waals surface area (Å²) < 4.78 is 26.1. The molecule has 0 radical (unpaired) electrons. The molecule has 0 saturated carbocycles. The van der Waals surface area contributed by atoms with Gasteiger partial charge in [-0.25, -0.2) is 28.1 Å². The molecule has 0 aliphatic carbocycles. The lowest BCUT2D eigenvalue weighted by Gasteiger charge is -2.05. The van der Waals surface area contributed by atoms with Crippen molar-refractivity contribution in [1.82, 2.24) is 24.7 Å². The maximum Gasteiger partial charge on any atom is 0.244 e. The van der Waals surface area contributed by atoms with Crippen LogP contribution in [0.3, 0.4) is 0 Å². The van der Waals surface area contributed by atoms with Gasteiger partial charge >= 0.3 is 0 Å². The Balaban J connectivity index is 2.09. The molecule has 0 aliphatic rings. The van der Waals surface area contributed by atoms with E-state index in [4.69, 9.17) is 0 Å². The highest BCUT2D eigenvalue weighted by Crippen LogP contribution is 2.07. The lowest BCUT2D eigenvalue weighted by Crippen LogP contribution is -2.24. The number of aromatic amines is 1. The molecule has 0 unspecified atom stereocenters. The van der Waals surface area contributed by atoms with Gasteiger partial charge in [-0.2, -0.15) is 0 Å². The molecule has 0 amide bonds. The predicted molar refractivity (Wildman–Crippen MR) is 64.2 cm³/mol. The number of hydrogen-bond acceptors (Lipinski definition) is 6. The van der Waals surface area contributed by atoms with E-state index in [-0.39, 0.29) is 11.4 Å². The number of rotatable bonds is 5. The zero-order valence-electron chi connectivity index (χ0n) is 9.58. The molecule has 0 fully saturated rings. The fourth-order valence-electron chi connectivity index (χ4n) is 1.23. The van der Waals surface area contributed by atoms with E-state index in [1.807, 2.05) is 0 Å². The Kier molecular flexibility index (Phi) is 3.53. The van der Waals surface area contributed by atoms with E-state index in [2.05, 4.69) is 30.0 Å². The van der Waals surface area contributed by atoms with Gasteiger partial charge in [-0.15, -0.1) is 0 Å². The summed E-state index contributed by atoms with van der Waals surface area (Å²) in [6, 6.07) is 0. The Morgan fingerprint density at radius 1 is 1.28 bits per heavy atom. The van der Waals surface area contributed by atoms with Crippen LogP contribution < -0.4 is 10.0 Å². The molecular weight excluding hydrogens is 256 g/mol. The second kappa shape index (κ2) is 5.10. The van der Waals surface area contributed by atoms with Gasteiger partial charge in [0.05, 0.1) is 18.9 Å². The number of hydrogen-bond donors (Lipinski definition) is 3. The van der Waals surface area contributed by atoms with E-state index in [0.29, 0.717) is 11.8 Å². The van der Waals surface area contributed by atoms with Crippen LogP contribution in [0.15, 0.2) is 29.7 Å². The number of H-pyrrole nitrogens is 1. The van der Waals surface area contributed by atoms with Crippen LogP contribution in [0, 0.1) is 0 Å². The normalized spacial score (nSPS) is 11.4. The van der Waals surface area contributed by atoms with Crippen LogP contribution in [0.1, 0.15) is 5.82 Å². The molecule has 0 atom stereocenters. The topological polar surface area (TPSA) is 113 Å². The van der Waals surface area contributed by atoms with Crippen LogP contribution >= 0.6 is 0 Å². The predicted octanol–water partition coefficient (Wildman–Crippen LogP) is -0.280. The Bertz CT molecular complexity index is 592. The number of sulfonamides is 1. The molecule has 8 nitrogen and oxygen atoms in total. The Morgan fingerprint density at radius 2 is 2.00 bits per heavy atom. The average molecular weight is 268 g/mol. The number of aromatic nitrogens is 4. The summed E-state index contributed by atoms with van der Waals surface area (Å²) in [6.45, 7) is 0.0864. The summed E-state index contributed by atoms with van der Waals surface area (Å²) >= 11 is 0. The molecule has 0 spiro atoms. The Labute approximate surface area is 104 Å². The first-order chi connectivity index (χ1) is 8.62. The summed E-state index contributed by atoms with van der Waals surface area (Å²) in [5, 5.41) is 2.71. The highest BCUT2D eigenvalue weighted by atomic mass is 32.2. The van der Waals surface area contributed by atoms with Crippen LogP contribution in [-0.4, -0.2) is 35.4 Å². The summed E-state index contributed by atoms with van der Waals surface area (Å²) in [5.41, 5.74) is 0. The van der Waals surface area contributed by atoms with E-state index in [1.165, 1.54) is 12.4 Å². The van der Waals surface area contributed by atoms with Crippen molar-refractivity contribution in [2.24, 2.45) is 0 Å². The average Bonchev–Trinajstić information content (AvgIpc) is 2.90. The first kappa shape index (κ1) is 12.5. The van der Waals surface area contributed by atoms with Crippen molar-refractivity contribution in [2.75, 3.05) is 12.4 Å². The van der Waals surface area contributed by atoms with Crippen molar-refractivity contribution in [3.63, 3.8) is 0 Å². The second-order valence-electron chi connectivity index (χ2n) is 3.35. The largest absolute Gasteiger partial charge is 0.357 e. The third-order valence-corrected chi connectivity index (χ3v) is 3.50. The van der Waals surface area contributed by atoms with Gasteiger partial charge in [0.15, 0.2) is 0 Å².